The number of rotatable bonds is 4. The van der Waals surface area contributed by atoms with E-state index in [0.29, 0.717) is 25.3 Å². The Morgan fingerprint density at radius 3 is 2.64 bits per heavy atom. The molecule has 2 rings (SSSR count). The Bertz CT molecular complexity index is 571. The molecule has 0 saturated carbocycles. The smallest absolute Gasteiger partial charge is 0.254 e. The first-order chi connectivity index (χ1) is 10.5. The van der Waals surface area contributed by atoms with Crippen molar-refractivity contribution in [2.24, 2.45) is 11.8 Å². The molecule has 0 spiro atoms. The van der Waals surface area contributed by atoms with Gasteiger partial charge in [-0.25, -0.2) is 0 Å². The number of methoxy groups -OCH3 is 1. The minimum Gasteiger partial charge on any atom is -0.384 e. The lowest BCUT2D eigenvalue weighted by Gasteiger charge is -2.18. The van der Waals surface area contributed by atoms with Gasteiger partial charge in [-0.2, -0.15) is 0 Å². The lowest BCUT2D eigenvalue weighted by atomic mass is 9.96. The van der Waals surface area contributed by atoms with E-state index in [1.165, 1.54) is 0 Å². The zero-order chi connectivity index (χ0) is 16.3. The molecule has 1 aromatic carbocycles. The van der Waals surface area contributed by atoms with Gasteiger partial charge in [-0.3, -0.25) is 9.59 Å². The molecule has 1 N–H and O–H groups in total. The van der Waals surface area contributed by atoms with E-state index < -0.39 is 0 Å². The highest BCUT2D eigenvalue weighted by molar-refractivity contribution is 5.96. The van der Waals surface area contributed by atoms with Crippen LogP contribution in [0.25, 0.3) is 0 Å². The van der Waals surface area contributed by atoms with E-state index in [1.807, 2.05) is 32.0 Å². The Balaban J connectivity index is 2.18. The maximum atomic E-state index is 12.7. The molecule has 1 aromatic rings. The number of nitrogens with zero attached hydrogens (tertiary/aromatic N) is 1. The summed E-state index contributed by atoms with van der Waals surface area (Å²) in [4.78, 5) is 26.5. The molecule has 1 aliphatic rings. The van der Waals surface area contributed by atoms with Crippen molar-refractivity contribution in [2.45, 2.75) is 13.8 Å². The van der Waals surface area contributed by atoms with Gasteiger partial charge < -0.3 is 15.0 Å². The molecule has 1 heterocycles. The normalized spacial score (nSPS) is 21.0. The highest BCUT2D eigenvalue weighted by Crippen LogP contribution is 2.26. The fraction of sp³-hybridized carbons (Fsp3) is 0.529. The molecule has 2 atom stereocenters. The number of carbonyl (C=O) groups is 2. The minimum atomic E-state index is -0.209. The number of aryl methyl sites for hydroxylation is 2. The zero-order valence-electron chi connectivity index (χ0n) is 13.7. The summed E-state index contributed by atoms with van der Waals surface area (Å²) in [5, 5.41) is 2.68. The first kappa shape index (κ1) is 16.5. The van der Waals surface area contributed by atoms with Crippen LogP contribution in [0.1, 0.15) is 21.5 Å². The summed E-state index contributed by atoms with van der Waals surface area (Å²) in [5.41, 5.74) is 2.81. The van der Waals surface area contributed by atoms with Gasteiger partial charge in [0.25, 0.3) is 5.91 Å². The van der Waals surface area contributed by atoms with E-state index in [4.69, 9.17) is 4.74 Å². The van der Waals surface area contributed by atoms with Crippen molar-refractivity contribution in [2.75, 3.05) is 33.9 Å². The standard InChI is InChI=1S/C17H24N2O3/c1-11-5-6-14(12(2)7-11)17(21)19-8-13(10-22-4)15(9-19)16(20)18-3/h5-7,13,15H,8-10H2,1-4H3,(H,18,20)/t13-,15+/m0/s1. The lowest BCUT2D eigenvalue weighted by molar-refractivity contribution is -0.125. The van der Waals surface area contributed by atoms with Gasteiger partial charge in [0.2, 0.25) is 5.91 Å². The maximum Gasteiger partial charge on any atom is 0.254 e. The van der Waals surface area contributed by atoms with Gasteiger partial charge >= 0.3 is 0 Å². The molecule has 1 saturated heterocycles. The van der Waals surface area contributed by atoms with Crippen LogP contribution in [0, 0.1) is 25.7 Å². The fourth-order valence-corrected chi connectivity index (χ4v) is 3.13. The third-order valence-corrected chi connectivity index (χ3v) is 4.30. The number of likely N-dealkylation sites (tertiary alicyclic amines) is 1. The van der Waals surface area contributed by atoms with Crippen molar-refractivity contribution in [3.63, 3.8) is 0 Å². The summed E-state index contributed by atoms with van der Waals surface area (Å²) in [6.45, 7) is 5.43. The third kappa shape index (κ3) is 3.30. The van der Waals surface area contributed by atoms with E-state index in [1.54, 1.807) is 19.1 Å². The number of carbonyl (C=O) groups excluding carboxylic acids is 2. The number of hydrogen-bond acceptors (Lipinski definition) is 3. The van der Waals surface area contributed by atoms with E-state index in [2.05, 4.69) is 5.32 Å². The summed E-state index contributed by atoms with van der Waals surface area (Å²) in [6, 6.07) is 5.82. The zero-order valence-corrected chi connectivity index (χ0v) is 13.7. The van der Waals surface area contributed by atoms with Crippen LogP contribution < -0.4 is 5.32 Å². The SMILES string of the molecule is CNC(=O)[C@@H]1CN(C(=O)c2ccc(C)cc2C)C[C@H]1COC. The summed E-state index contributed by atoms with van der Waals surface area (Å²) in [5.74, 6) is -0.206. The molecule has 5 heteroatoms. The molecule has 22 heavy (non-hydrogen) atoms. The Kier molecular flexibility index (Phi) is 5.19. The number of ether oxygens (including phenoxy) is 1. The second kappa shape index (κ2) is 6.92. The van der Waals surface area contributed by atoms with Gasteiger partial charge in [0, 0.05) is 38.7 Å². The van der Waals surface area contributed by atoms with Crippen LogP contribution in [0.2, 0.25) is 0 Å². The van der Waals surface area contributed by atoms with Gasteiger partial charge in [0.1, 0.15) is 0 Å². The average Bonchev–Trinajstić information content (AvgIpc) is 2.90. The Hall–Kier alpha value is -1.88. The van der Waals surface area contributed by atoms with Gasteiger partial charge in [0.15, 0.2) is 0 Å². The first-order valence-electron chi connectivity index (χ1n) is 7.55. The number of benzene rings is 1. The summed E-state index contributed by atoms with van der Waals surface area (Å²) in [7, 11) is 3.25. The maximum absolute atomic E-state index is 12.7. The molecule has 0 aliphatic carbocycles. The molecule has 0 aromatic heterocycles. The minimum absolute atomic E-state index is 0.00925. The van der Waals surface area contributed by atoms with Crippen molar-refractivity contribution in [3.8, 4) is 0 Å². The van der Waals surface area contributed by atoms with Crippen molar-refractivity contribution in [1.82, 2.24) is 10.2 Å². The van der Waals surface area contributed by atoms with Crippen molar-refractivity contribution < 1.29 is 14.3 Å². The van der Waals surface area contributed by atoms with Crippen LogP contribution in [0.3, 0.4) is 0 Å². The van der Waals surface area contributed by atoms with E-state index in [-0.39, 0.29) is 23.7 Å². The number of amides is 2. The van der Waals surface area contributed by atoms with Gasteiger partial charge in [-0.05, 0) is 25.5 Å². The molecule has 5 nitrogen and oxygen atoms in total. The molecule has 2 amide bonds. The number of nitrogens with one attached hydrogen (secondary N) is 1. The highest BCUT2D eigenvalue weighted by atomic mass is 16.5. The monoisotopic (exact) mass is 304 g/mol. The number of hydrogen-bond donors (Lipinski definition) is 1. The summed E-state index contributed by atoms with van der Waals surface area (Å²) < 4.78 is 5.21. The Morgan fingerprint density at radius 1 is 1.32 bits per heavy atom. The Labute approximate surface area is 131 Å². The second-order valence-corrected chi connectivity index (χ2v) is 5.96. The average molecular weight is 304 g/mol. The molecule has 0 radical (unpaired) electrons. The van der Waals surface area contributed by atoms with E-state index in [9.17, 15) is 9.59 Å². The van der Waals surface area contributed by atoms with Crippen LogP contribution in [-0.4, -0.2) is 50.6 Å². The molecular formula is C17H24N2O3. The highest BCUT2D eigenvalue weighted by Gasteiger charge is 2.39. The third-order valence-electron chi connectivity index (χ3n) is 4.30. The van der Waals surface area contributed by atoms with Gasteiger partial charge in [-0.1, -0.05) is 17.7 Å². The van der Waals surface area contributed by atoms with Crippen molar-refractivity contribution >= 4 is 11.8 Å². The van der Waals surface area contributed by atoms with Gasteiger partial charge in [0.05, 0.1) is 12.5 Å². The molecule has 120 valence electrons. The van der Waals surface area contributed by atoms with Crippen LogP contribution in [0.5, 0.6) is 0 Å². The van der Waals surface area contributed by atoms with Crippen LogP contribution in [-0.2, 0) is 9.53 Å². The molecule has 0 unspecified atom stereocenters. The molecule has 0 bridgehead atoms. The predicted octanol–water partition coefficient (Wildman–Crippen LogP) is 1.38. The quantitative estimate of drug-likeness (QED) is 0.914. The molecule has 1 aliphatic heterocycles. The Morgan fingerprint density at radius 2 is 2.05 bits per heavy atom. The van der Waals surface area contributed by atoms with Crippen molar-refractivity contribution in [3.05, 3.63) is 34.9 Å². The lowest BCUT2D eigenvalue weighted by Crippen LogP contribution is -2.34. The summed E-state index contributed by atoms with van der Waals surface area (Å²) >= 11 is 0. The topological polar surface area (TPSA) is 58.6 Å². The largest absolute Gasteiger partial charge is 0.384 e. The first-order valence-corrected chi connectivity index (χ1v) is 7.55. The van der Waals surface area contributed by atoms with E-state index >= 15 is 0 Å². The van der Waals surface area contributed by atoms with Crippen molar-refractivity contribution in [1.29, 1.82) is 0 Å². The van der Waals surface area contributed by atoms with E-state index in [0.717, 1.165) is 11.1 Å². The molecular weight excluding hydrogens is 280 g/mol. The van der Waals surface area contributed by atoms with Crippen LogP contribution in [0.4, 0.5) is 0 Å². The van der Waals surface area contributed by atoms with Crippen LogP contribution >= 0.6 is 0 Å². The molecule has 1 fully saturated rings. The summed E-state index contributed by atoms with van der Waals surface area (Å²) in [6.07, 6.45) is 0. The van der Waals surface area contributed by atoms with Gasteiger partial charge in [-0.15, -0.1) is 0 Å². The fourth-order valence-electron chi connectivity index (χ4n) is 3.13. The van der Waals surface area contributed by atoms with Crippen LogP contribution in [0.15, 0.2) is 18.2 Å². The second-order valence-electron chi connectivity index (χ2n) is 5.96. The predicted molar refractivity (Wildman–Crippen MR) is 84.7 cm³/mol.